The minimum Gasteiger partial charge on any atom is -0.423 e. The van der Waals surface area contributed by atoms with E-state index in [9.17, 15) is 14.0 Å². The summed E-state index contributed by atoms with van der Waals surface area (Å²) in [4.78, 5) is 25.4. The summed E-state index contributed by atoms with van der Waals surface area (Å²) in [6, 6.07) is 9.24. The fraction of sp³-hybridized carbons (Fsp3) is 0.200. The highest BCUT2D eigenvalue weighted by molar-refractivity contribution is 5.98. The van der Waals surface area contributed by atoms with Crippen LogP contribution in [0.5, 0.6) is 5.75 Å². The van der Waals surface area contributed by atoms with Gasteiger partial charge in [0, 0.05) is 18.4 Å². The molecule has 0 saturated carbocycles. The van der Waals surface area contributed by atoms with Crippen LogP contribution in [0.1, 0.15) is 22.8 Å². The van der Waals surface area contributed by atoms with Crippen LogP contribution < -0.4 is 21.6 Å². The van der Waals surface area contributed by atoms with Crippen molar-refractivity contribution in [2.45, 2.75) is 19.9 Å². The molecule has 0 bridgehead atoms. The number of benzene rings is 2. The summed E-state index contributed by atoms with van der Waals surface area (Å²) in [7, 11) is 0. The predicted molar refractivity (Wildman–Crippen MR) is 102 cm³/mol. The largest absolute Gasteiger partial charge is 0.423 e. The van der Waals surface area contributed by atoms with Crippen molar-refractivity contribution in [3.8, 4) is 5.75 Å². The number of aryl methyl sites for hydroxylation is 1. The third-order valence-electron chi connectivity index (χ3n) is 4.28. The quantitative estimate of drug-likeness (QED) is 0.409. The highest BCUT2D eigenvalue weighted by Gasteiger charge is 2.19. The molecule has 0 spiro atoms. The van der Waals surface area contributed by atoms with E-state index in [2.05, 4.69) is 0 Å². The van der Waals surface area contributed by atoms with Crippen molar-refractivity contribution in [2.24, 2.45) is 5.73 Å². The number of ether oxygens (including phenoxy) is 1. The Bertz CT molecular complexity index is 1080. The SMILES string of the molecule is CCn1cc(C(=O)Oc2cccc(CCN)c2)c(=O)c2c(N)cc(F)cc21. The van der Waals surface area contributed by atoms with Crippen LogP contribution in [0.2, 0.25) is 0 Å². The molecule has 2 aromatic carbocycles. The lowest BCUT2D eigenvalue weighted by atomic mass is 10.1. The van der Waals surface area contributed by atoms with Crippen LogP contribution in [-0.2, 0) is 13.0 Å². The molecule has 0 aliphatic heterocycles. The second kappa shape index (κ2) is 7.59. The number of rotatable bonds is 5. The second-order valence-corrected chi connectivity index (χ2v) is 6.12. The Morgan fingerprint density at radius 3 is 2.74 bits per heavy atom. The van der Waals surface area contributed by atoms with Crippen molar-refractivity contribution in [3.63, 3.8) is 0 Å². The maximum atomic E-state index is 13.7. The van der Waals surface area contributed by atoms with Crippen LogP contribution in [0.4, 0.5) is 10.1 Å². The van der Waals surface area contributed by atoms with Gasteiger partial charge in [-0.2, -0.15) is 0 Å². The van der Waals surface area contributed by atoms with Crippen LogP contribution in [0, 0.1) is 5.82 Å². The monoisotopic (exact) mass is 369 g/mol. The minimum absolute atomic E-state index is 0.0169. The number of nitrogens with two attached hydrogens (primary N) is 2. The standard InChI is InChI=1S/C20H20FN3O3/c1-2-24-11-15(19(25)18-16(23)9-13(21)10-17(18)24)20(26)27-14-5-3-4-12(8-14)6-7-22/h3-5,8-11H,2,6-7,22-23H2,1H3. The number of nitrogen functional groups attached to an aromatic ring is 1. The molecule has 4 N–H and O–H groups in total. The first-order valence-corrected chi connectivity index (χ1v) is 8.58. The van der Waals surface area contributed by atoms with Gasteiger partial charge in [0.25, 0.3) is 0 Å². The number of hydrogen-bond donors (Lipinski definition) is 2. The van der Waals surface area contributed by atoms with Crippen molar-refractivity contribution >= 4 is 22.6 Å². The highest BCUT2D eigenvalue weighted by Crippen LogP contribution is 2.22. The van der Waals surface area contributed by atoms with E-state index in [0.29, 0.717) is 30.8 Å². The van der Waals surface area contributed by atoms with Crippen LogP contribution in [0.25, 0.3) is 10.9 Å². The molecule has 1 aromatic heterocycles. The fourth-order valence-electron chi connectivity index (χ4n) is 3.01. The molecule has 0 saturated heterocycles. The van der Waals surface area contributed by atoms with Crippen molar-refractivity contribution in [1.29, 1.82) is 0 Å². The first-order chi connectivity index (χ1) is 12.9. The average molecular weight is 369 g/mol. The highest BCUT2D eigenvalue weighted by atomic mass is 19.1. The topological polar surface area (TPSA) is 100 Å². The third kappa shape index (κ3) is 3.68. The van der Waals surface area contributed by atoms with Gasteiger partial charge in [0.15, 0.2) is 0 Å². The summed E-state index contributed by atoms with van der Waals surface area (Å²) < 4.78 is 20.7. The molecular weight excluding hydrogens is 349 g/mol. The number of esters is 1. The van der Waals surface area contributed by atoms with Gasteiger partial charge in [-0.25, -0.2) is 9.18 Å². The van der Waals surface area contributed by atoms with E-state index in [1.165, 1.54) is 12.3 Å². The summed E-state index contributed by atoms with van der Waals surface area (Å²) in [6.07, 6.45) is 2.02. The molecule has 27 heavy (non-hydrogen) atoms. The van der Waals surface area contributed by atoms with Crippen LogP contribution in [0.15, 0.2) is 47.4 Å². The molecule has 0 atom stereocenters. The smallest absolute Gasteiger partial charge is 0.349 e. The number of carbonyl (C=O) groups excluding carboxylic acids is 1. The van der Waals surface area contributed by atoms with Crippen LogP contribution in [-0.4, -0.2) is 17.1 Å². The molecule has 0 fully saturated rings. The van der Waals surface area contributed by atoms with Gasteiger partial charge < -0.3 is 20.8 Å². The van der Waals surface area contributed by atoms with E-state index in [4.69, 9.17) is 16.2 Å². The molecule has 0 amide bonds. The Kier molecular flexibility index (Phi) is 5.23. The summed E-state index contributed by atoms with van der Waals surface area (Å²) in [6.45, 7) is 2.71. The normalized spacial score (nSPS) is 10.9. The zero-order chi connectivity index (χ0) is 19.6. The van der Waals surface area contributed by atoms with E-state index in [1.54, 1.807) is 22.8 Å². The molecular formula is C20H20FN3O3. The van der Waals surface area contributed by atoms with Gasteiger partial charge in [0.2, 0.25) is 5.43 Å². The Morgan fingerprint density at radius 2 is 2.04 bits per heavy atom. The Labute approximate surface area is 155 Å². The van der Waals surface area contributed by atoms with Crippen molar-refractivity contribution in [2.75, 3.05) is 12.3 Å². The summed E-state index contributed by atoms with van der Waals surface area (Å²) in [5, 5.41) is 0.101. The first kappa shape index (κ1) is 18.6. The van der Waals surface area contributed by atoms with Crippen LogP contribution in [0.3, 0.4) is 0 Å². The van der Waals surface area contributed by atoms with Crippen LogP contribution >= 0.6 is 0 Å². The minimum atomic E-state index is -0.794. The molecule has 0 aliphatic rings. The van der Waals surface area contributed by atoms with Gasteiger partial charge in [-0.15, -0.1) is 0 Å². The van der Waals surface area contributed by atoms with E-state index >= 15 is 0 Å². The number of carbonyl (C=O) groups is 1. The molecule has 0 radical (unpaired) electrons. The van der Waals surface area contributed by atoms with Gasteiger partial charge in [0.1, 0.15) is 17.1 Å². The molecule has 0 aliphatic carbocycles. The first-order valence-electron chi connectivity index (χ1n) is 8.58. The molecule has 140 valence electrons. The number of hydrogen-bond acceptors (Lipinski definition) is 5. The molecule has 6 nitrogen and oxygen atoms in total. The Hall–Kier alpha value is -3.19. The second-order valence-electron chi connectivity index (χ2n) is 6.12. The van der Waals surface area contributed by atoms with Gasteiger partial charge in [0.05, 0.1) is 10.9 Å². The predicted octanol–water partition coefficient (Wildman–Crippen LogP) is 2.46. The number of anilines is 1. The van der Waals surface area contributed by atoms with Crippen molar-refractivity contribution in [3.05, 3.63) is 69.8 Å². The van der Waals surface area contributed by atoms with Crippen molar-refractivity contribution in [1.82, 2.24) is 4.57 Å². The fourth-order valence-corrected chi connectivity index (χ4v) is 3.01. The molecule has 0 unspecified atom stereocenters. The lowest BCUT2D eigenvalue weighted by molar-refractivity contribution is 0.0732. The maximum Gasteiger partial charge on any atom is 0.349 e. The molecule has 1 heterocycles. The van der Waals surface area contributed by atoms with Gasteiger partial charge in [-0.1, -0.05) is 12.1 Å². The van der Waals surface area contributed by atoms with Crippen molar-refractivity contribution < 1.29 is 13.9 Å². The van der Waals surface area contributed by atoms with E-state index in [1.807, 2.05) is 13.0 Å². The maximum absolute atomic E-state index is 13.7. The molecule has 7 heteroatoms. The number of nitrogens with zero attached hydrogens (tertiary/aromatic N) is 1. The zero-order valence-corrected chi connectivity index (χ0v) is 14.9. The number of fused-ring (bicyclic) bond motifs is 1. The summed E-state index contributed by atoms with van der Waals surface area (Å²) >= 11 is 0. The molecule has 3 aromatic rings. The number of aromatic nitrogens is 1. The van der Waals surface area contributed by atoms with Gasteiger partial charge >= 0.3 is 5.97 Å². The summed E-state index contributed by atoms with van der Waals surface area (Å²) in [5.74, 6) is -1.02. The Morgan fingerprint density at radius 1 is 1.26 bits per heavy atom. The van der Waals surface area contributed by atoms with Gasteiger partial charge in [-0.05, 0) is 49.7 Å². The lowest BCUT2D eigenvalue weighted by Crippen LogP contribution is -2.23. The average Bonchev–Trinajstić information content (AvgIpc) is 2.62. The molecule has 3 rings (SSSR count). The zero-order valence-electron chi connectivity index (χ0n) is 14.9. The van der Waals surface area contributed by atoms with E-state index in [0.717, 1.165) is 11.6 Å². The van der Waals surface area contributed by atoms with E-state index in [-0.39, 0.29) is 16.6 Å². The lowest BCUT2D eigenvalue weighted by Gasteiger charge is -2.13. The van der Waals surface area contributed by atoms with E-state index < -0.39 is 17.2 Å². The third-order valence-corrected chi connectivity index (χ3v) is 4.28. The number of halogens is 1. The summed E-state index contributed by atoms with van der Waals surface area (Å²) in [5.41, 5.74) is 11.9. The van der Waals surface area contributed by atoms with Gasteiger partial charge in [-0.3, -0.25) is 4.79 Å². The number of pyridine rings is 1. The Balaban J connectivity index is 2.06.